The van der Waals surface area contributed by atoms with E-state index in [1.165, 1.54) is 10.4 Å². The minimum atomic E-state index is -2.75. The summed E-state index contributed by atoms with van der Waals surface area (Å²) in [5.74, 6) is 0. The predicted molar refractivity (Wildman–Crippen MR) is 148 cm³/mol. The maximum absolute atomic E-state index is 12.7. The summed E-state index contributed by atoms with van der Waals surface area (Å²) >= 11 is 0. The highest BCUT2D eigenvalue weighted by Crippen LogP contribution is 2.36. The van der Waals surface area contributed by atoms with Gasteiger partial charge in [0, 0.05) is 0 Å². The maximum Gasteiger partial charge on any atom is 0.407 e. The second kappa shape index (κ2) is 13.2. The Morgan fingerprint density at radius 1 is 0.889 bits per heavy atom. The summed E-state index contributed by atoms with van der Waals surface area (Å²) in [4.78, 5) is 12.7. The molecule has 1 atom stereocenters. The third-order valence-corrected chi connectivity index (χ3v) is 11.2. The number of amides is 1. The van der Waals surface area contributed by atoms with Gasteiger partial charge in [0.2, 0.25) is 0 Å². The van der Waals surface area contributed by atoms with E-state index in [9.17, 15) is 9.90 Å². The second-order valence-electron chi connectivity index (χ2n) is 9.77. The van der Waals surface area contributed by atoms with Crippen LogP contribution in [0.5, 0.6) is 0 Å². The first-order valence-electron chi connectivity index (χ1n) is 12.3. The number of rotatable bonds is 11. The molecule has 0 bridgehead atoms. The molecule has 1 amide bonds. The van der Waals surface area contributed by atoms with Gasteiger partial charge >= 0.3 is 6.09 Å². The predicted octanol–water partition coefficient (Wildman–Crippen LogP) is 4.80. The number of carbonyl (C=O) groups excluding carboxylic acids is 1. The van der Waals surface area contributed by atoms with Gasteiger partial charge in [0.1, 0.15) is 6.61 Å². The van der Waals surface area contributed by atoms with Crippen LogP contribution in [0.2, 0.25) is 5.04 Å². The number of alkyl carbamates (subject to hydrolysis) is 1. The lowest BCUT2D eigenvalue weighted by molar-refractivity contribution is 0.130. The quantitative estimate of drug-likeness (QED) is 0.291. The molecule has 0 unspecified atom stereocenters. The largest absolute Gasteiger partial charge is 0.445 e. The van der Waals surface area contributed by atoms with Crippen molar-refractivity contribution in [2.24, 2.45) is 0 Å². The van der Waals surface area contributed by atoms with Crippen LogP contribution in [0.3, 0.4) is 0 Å². The molecule has 0 aliphatic carbocycles. The van der Waals surface area contributed by atoms with Crippen molar-refractivity contribution in [3.8, 4) is 0 Å². The number of ether oxygens (including phenoxy) is 1. The molecule has 0 aliphatic heterocycles. The average Bonchev–Trinajstić information content (AvgIpc) is 2.89. The van der Waals surface area contributed by atoms with E-state index in [-0.39, 0.29) is 24.3 Å². The van der Waals surface area contributed by atoms with Crippen molar-refractivity contribution in [1.82, 2.24) is 5.32 Å². The van der Waals surface area contributed by atoms with Crippen molar-refractivity contribution < 1.29 is 19.1 Å². The first kappa shape index (κ1) is 27.4. The summed E-state index contributed by atoms with van der Waals surface area (Å²) in [6.45, 7) is 7.12. The topological polar surface area (TPSA) is 67.8 Å². The third-order valence-electron chi connectivity index (χ3n) is 6.15. The minimum absolute atomic E-state index is 0.0548. The van der Waals surface area contributed by atoms with Crippen LogP contribution >= 0.6 is 0 Å². The van der Waals surface area contributed by atoms with Gasteiger partial charge in [-0.3, -0.25) is 0 Å². The van der Waals surface area contributed by atoms with E-state index in [0.717, 1.165) is 5.56 Å². The number of aliphatic hydroxyl groups excluding tert-OH is 1. The van der Waals surface area contributed by atoms with E-state index < -0.39 is 14.4 Å². The summed E-state index contributed by atoms with van der Waals surface area (Å²) in [5.41, 5.74) is 0.924. The lowest BCUT2D eigenvalue weighted by atomic mass is 10.2. The Bertz CT molecular complexity index is 1040. The van der Waals surface area contributed by atoms with Gasteiger partial charge in [-0.05, 0) is 27.4 Å². The van der Waals surface area contributed by atoms with Crippen molar-refractivity contribution >= 4 is 24.8 Å². The second-order valence-corrected chi connectivity index (χ2v) is 14.1. The fourth-order valence-electron chi connectivity index (χ4n) is 4.42. The van der Waals surface area contributed by atoms with Crippen molar-refractivity contribution in [1.29, 1.82) is 0 Å². The smallest absolute Gasteiger partial charge is 0.407 e. The van der Waals surface area contributed by atoms with E-state index in [4.69, 9.17) is 9.16 Å². The zero-order valence-corrected chi connectivity index (χ0v) is 22.4. The molecule has 0 saturated heterocycles. The Balaban J connectivity index is 1.85. The molecule has 5 nitrogen and oxygen atoms in total. The van der Waals surface area contributed by atoms with Gasteiger partial charge in [-0.1, -0.05) is 124 Å². The van der Waals surface area contributed by atoms with Crippen LogP contribution in [0.15, 0.2) is 103 Å². The number of nitrogens with one attached hydrogen (secondary N) is 1. The third kappa shape index (κ3) is 7.16. The van der Waals surface area contributed by atoms with Crippen molar-refractivity contribution in [2.45, 2.75) is 44.9 Å². The maximum atomic E-state index is 12.7. The Morgan fingerprint density at radius 2 is 1.42 bits per heavy atom. The summed E-state index contributed by atoms with van der Waals surface area (Å²) in [5, 5.41) is 14.4. The van der Waals surface area contributed by atoms with Crippen LogP contribution < -0.4 is 15.7 Å². The zero-order chi connectivity index (χ0) is 25.9. The molecule has 2 N–H and O–H groups in total. The van der Waals surface area contributed by atoms with Gasteiger partial charge in [-0.2, -0.15) is 0 Å². The van der Waals surface area contributed by atoms with Crippen LogP contribution in [0, 0.1) is 0 Å². The Hall–Kier alpha value is -3.19. The lowest BCUT2D eigenvalue weighted by Gasteiger charge is -2.43. The minimum Gasteiger partial charge on any atom is -0.445 e. The molecule has 0 aliphatic rings. The number of hydrogen-bond donors (Lipinski definition) is 2. The molecule has 0 radical (unpaired) electrons. The molecule has 3 aromatic carbocycles. The van der Waals surface area contributed by atoms with Crippen LogP contribution in [0.4, 0.5) is 4.79 Å². The van der Waals surface area contributed by atoms with Gasteiger partial charge in [0.25, 0.3) is 8.32 Å². The first-order chi connectivity index (χ1) is 17.4. The molecule has 3 aromatic rings. The van der Waals surface area contributed by atoms with E-state index in [1.54, 1.807) is 6.08 Å². The van der Waals surface area contributed by atoms with Crippen molar-refractivity contribution in [2.75, 3.05) is 13.2 Å². The number of hydrogen-bond acceptors (Lipinski definition) is 4. The molecule has 0 saturated carbocycles. The van der Waals surface area contributed by atoms with Crippen LogP contribution in [-0.2, 0) is 15.8 Å². The molecule has 190 valence electrons. The van der Waals surface area contributed by atoms with Crippen LogP contribution in [0.25, 0.3) is 0 Å². The molecule has 0 heterocycles. The SMILES string of the molecule is CC(C)(C)[Si](OC[C@H](CC=CCO)NC(=O)OCc1ccccc1)(c1ccccc1)c1ccccc1. The molecule has 0 fully saturated rings. The summed E-state index contributed by atoms with van der Waals surface area (Å²) in [6, 6.07) is 30.1. The average molecular weight is 504 g/mol. The molecule has 36 heavy (non-hydrogen) atoms. The standard InChI is InChI=1S/C30H37NO4Si/c1-30(2,3)36(27-18-9-5-10-19-27,28-20-11-6-12-21-28)35-24-26(17-13-14-22-32)31-29(33)34-23-25-15-7-4-8-16-25/h4-16,18-21,26,32H,17,22-24H2,1-3H3,(H,31,33)/t26-/m0/s1. The van der Waals surface area contributed by atoms with Crippen molar-refractivity contribution in [3.63, 3.8) is 0 Å². The normalized spacial score (nSPS) is 12.9. The summed E-state index contributed by atoms with van der Waals surface area (Å²) in [7, 11) is -2.75. The fourth-order valence-corrected chi connectivity index (χ4v) is 9.03. The monoisotopic (exact) mass is 503 g/mol. The molecule has 6 heteroatoms. The molecule has 0 aromatic heterocycles. The van der Waals surface area contributed by atoms with Gasteiger partial charge in [0.05, 0.1) is 19.3 Å². The molecular weight excluding hydrogens is 466 g/mol. The Labute approximate surface area is 215 Å². The van der Waals surface area contributed by atoms with Gasteiger partial charge in [-0.25, -0.2) is 4.79 Å². The van der Waals surface area contributed by atoms with Crippen molar-refractivity contribution in [3.05, 3.63) is 109 Å². The highest BCUT2D eigenvalue weighted by atomic mass is 28.4. The van der Waals surface area contributed by atoms with Crippen LogP contribution in [-0.4, -0.2) is 38.8 Å². The summed E-state index contributed by atoms with van der Waals surface area (Å²) in [6.07, 6.45) is 3.55. The highest BCUT2D eigenvalue weighted by molar-refractivity contribution is 6.99. The number of aliphatic hydroxyl groups is 1. The Kier molecular flexibility index (Phi) is 10.1. The lowest BCUT2D eigenvalue weighted by Crippen LogP contribution is -2.67. The van der Waals surface area contributed by atoms with Gasteiger partial charge in [0.15, 0.2) is 0 Å². The van der Waals surface area contributed by atoms with Gasteiger partial charge < -0.3 is 19.6 Å². The highest BCUT2D eigenvalue weighted by Gasteiger charge is 2.50. The van der Waals surface area contributed by atoms with E-state index in [0.29, 0.717) is 13.0 Å². The van der Waals surface area contributed by atoms with E-state index >= 15 is 0 Å². The summed E-state index contributed by atoms with van der Waals surface area (Å²) < 4.78 is 12.5. The molecule has 0 spiro atoms. The zero-order valence-electron chi connectivity index (χ0n) is 21.4. The van der Waals surface area contributed by atoms with E-state index in [2.05, 4.69) is 74.6 Å². The van der Waals surface area contributed by atoms with Crippen LogP contribution in [0.1, 0.15) is 32.8 Å². The fraction of sp³-hybridized carbons (Fsp3) is 0.300. The van der Waals surface area contributed by atoms with Gasteiger partial charge in [-0.15, -0.1) is 0 Å². The molecular formula is C30H37NO4Si. The Morgan fingerprint density at radius 3 is 1.92 bits per heavy atom. The van der Waals surface area contributed by atoms with E-state index in [1.807, 2.05) is 48.5 Å². The molecule has 3 rings (SSSR count). The number of benzene rings is 3. The first-order valence-corrected chi connectivity index (χ1v) is 14.3. The number of carbonyl (C=O) groups is 1.